The summed E-state index contributed by atoms with van der Waals surface area (Å²) in [5.74, 6) is -0.837. The minimum atomic E-state index is -0.709. The molecule has 2 amide bonds. The molecular formula is C19H20ClN3O2. The van der Waals surface area contributed by atoms with Gasteiger partial charge in [0.15, 0.2) is 0 Å². The zero-order chi connectivity index (χ0) is 18.2. The second-order valence-corrected chi connectivity index (χ2v) is 6.29. The van der Waals surface area contributed by atoms with Crippen LogP contribution in [0.5, 0.6) is 0 Å². The number of hydrogen-bond acceptors (Lipinski definition) is 3. The summed E-state index contributed by atoms with van der Waals surface area (Å²) in [5.41, 5.74) is 3.74. The summed E-state index contributed by atoms with van der Waals surface area (Å²) in [5, 5.41) is 7.13. The molecule has 130 valence electrons. The van der Waals surface area contributed by atoms with Crippen LogP contribution < -0.4 is 10.7 Å². The first kappa shape index (κ1) is 18.7. The summed E-state index contributed by atoms with van der Waals surface area (Å²) in [7, 11) is 0. The summed E-state index contributed by atoms with van der Waals surface area (Å²) >= 11 is 5.90. The van der Waals surface area contributed by atoms with Crippen molar-refractivity contribution in [3.05, 3.63) is 70.7 Å². The standard InChI is InChI=1S/C19H20ClN3O2/c1-13(2)17(22-18(24)15-9-6-10-16(20)11-15)19(25)23-21-12-14-7-4-3-5-8-14/h3-13,17H,1-2H3,(H,22,24)(H,23,25). The molecule has 0 saturated heterocycles. The lowest BCUT2D eigenvalue weighted by Gasteiger charge is -2.20. The molecule has 0 aliphatic heterocycles. The maximum Gasteiger partial charge on any atom is 0.262 e. The monoisotopic (exact) mass is 357 g/mol. The van der Waals surface area contributed by atoms with E-state index in [1.165, 1.54) is 0 Å². The Hall–Kier alpha value is -2.66. The topological polar surface area (TPSA) is 70.6 Å². The average molecular weight is 358 g/mol. The Labute approximate surface area is 152 Å². The highest BCUT2D eigenvalue weighted by atomic mass is 35.5. The number of halogens is 1. The highest BCUT2D eigenvalue weighted by Crippen LogP contribution is 2.11. The van der Waals surface area contributed by atoms with Crippen molar-refractivity contribution in [2.24, 2.45) is 11.0 Å². The Morgan fingerprint density at radius 3 is 2.44 bits per heavy atom. The summed E-state index contributed by atoms with van der Waals surface area (Å²) in [4.78, 5) is 24.7. The molecule has 0 aliphatic carbocycles. The molecular weight excluding hydrogens is 338 g/mol. The second-order valence-electron chi connectivity index (χ2n) is 5.85. The van der Waals surface area contributed by atoms with E-state index in [1.54, 1.807) is 30.5 Å². The molecule has 1 atom stereocenters. The fourth-order valence-electron chi connectivity index (χ4n) is 2.17. The van der Waals surface area contributed by atoms with Gasteiger partial charge in [0.1, 0.15) is 6.04 Å². The van der Waals surface area contributed by atoms with Gasteiger partial charge in [0.2, 0.25) is 0 Å². The van der Waals surface area contributed by atoms with Gasteiger partial charge in [-0.1, -0.05) is 61.8 Å². The molecule has 0 aromatic heterocycles. The number of amides is 2. The van der Waals surface area contributed by atoms with E-state index < -0.39 is 6.04 Å². The number of carbonyl (C=O) groups excluding carboxylic acids is 2. The van der Waals surface area contributed by atoms with Crippen LogP contribution in [0.25, 0.3) is 0 Å². The molecule has 0 aliphatic rings. The third kappa shape index (κ3) is 5.72. The van der Waals surface area contributed by atoms with Gasteiger partial charge in [-0.25, -0.2) is 5.43 Å². The lowest BCUT2D eigenvalue weighted by molar-refractivity contribution is -0.123. The molecule has 0 fully saturated rings. The van der Waals surface area contributed by atoms with E-state index >= 15 is 0 Å². The van der Waals surface area contributed by atoms with Gasteiger partial charge >= 0.3 is 0 Å². The molecule has 2 aromatic carbocycles. The van der Waals surface area contributed by atoms with E-state index in [4.69, 9.17) is 11.6 Å². The molecule has 2 rings (SSSR count). The van der Waals surface area contributed by atoms with Crippen molar-refractivity contribution in [3.63, 3.8) is 0 Å². The van der Waals surface area contributed by atoms with Gasteiger partial charge in [0, 0.05) is 10.6 Å². The first-order valence-electron chi connectivity index (χ1n) is 7.92. The quantitative estimate of drug-likeness (QED) is 0.615. The van der Waals surface area contributed by atoms with Crippen LogP contribution in [0, 0.1) is 5.92 Å². The van der Waals surface area contributed by atoms with E-state index in [1.807, 2.05) is 44.2 Å². The molecule has 0 radical (unpaired) electrons. The number of nitrogens with zero attached hydrogens (tertiary/aromatic N) is 1. The minimum absolute atomic E-state index is 0.102. The molecule has 0 bridgehead atoms. The number of hydrogen-bond donors (Lipinski definition) is 2. The molecule has 1 unspecified atom stereocenters. The predicted molar refractivity (Wildman–Crippen MR) is 99.7 cm³/mol. The number of carbonyl (C=O) groups is 2. The van der Waals surface area contributed by atoms with Crippen molar-refractivity contribution in [2.45, 2.75) is 19.9 Å². The normalized spacial score (nSPS) is 12.2. The molecule has 0 saturated carbocycles. The first-order chi connectivity index (χ1) is 12.0. The lowest BCUT2D eigenvalue weighted by Crippen LogP contribution is -2.48. The largest absolute Gasteiger partial charge is 0.340 e. The van der Waals surface area contributed by atoms with Gasteiger partial charge in [-0.3, -0.25) is 9.59 Å². The Bertz CT molecular complexity index is 760. The molecule has 5 nitrogen and oxygen atoms in total. The van der Waals surface area contributed by atoms with Crippen molar-refractivity contribution in [1.29, 1.82) is 0 Å². The maximum atomic E-state index is 12.3. The van der Waals surface area contributed by atoms with Crippen LogP contribution in [-0.2, 0) is 4.79 Å². The van der Waals surface area contributed by atoms with E-state index in [9.17, 15) is 9.59 Å². The molecule has 2 aromatic rings. The smallest absolute Gasteiger partial charge is 0.262 e. The second kappa shape index (κ2) is 8.99. The minimum Gasteiger partial charge on any atom is -0.340 e. The summed E-state index contributed by atoms with van der Waals surface area (Å²) < 4.78 is 0. The van der Waals surface area contributed by atoms with E-state index in [0.717, 1.165) is 5.56 Å². The highest BCUT2D eigenvalue weighted by molar-refractivity contribution is 6.31. The van der Waals surface area contributed by atoms with Gasteiger partial charge in [0.25, 0.3) is 11.8 Å². The summed E-state index contributed by atoms with van der Waals surface area (Å²) in [6.45, 7) is 3.70. The van der Waals surface area contributed by atoms with Crippen LogP contribution in [0.1, 0.15) is 29.8 Å². The van der Waals surface area contributed by atoms with Gasteiger partial charge < -0.3 is 5.32 Å². The third-order valence-electron chi connectivity index (χ3n) is 3.51. The van der Waals surface area contributed by atoms with Gasteiger partial charge in [-0.05, 0) is 29.7 Å². The number of benzene rings is 2. The number of rotatable bonds is 6. The maximum absolute atomic E-state index is 12.3. The fraction of sp³-hybridized carbons (Fsp3) is 0.211. The third-order valence-corrected chi connectivity index (χ3v) is 3.75. The van der Waals surface area contributed by atoms with E-state index in [-0.39, 0.29) is 17.7 Å². The molecule has 6 heteroatoms. The Kier molecular flexibility index (Phi) is 6.71. The average Bonchev–Trinajstić information content (AvgIpc) is 2.60. The van der Waals surface area contributed by atoms with Crippen molar-refractivity contribution in [2.75, 3.05) is 0 Å². The van der Waals surface area contributed by atoms with Crippen LogP contribution in [0.2, 0.25) is 5.02 Å². The van der Waals surface area contributed by atoms with Crippen molar-refractivity contribution < 1.29 is 9.59 Å². The van der Waals surface area contributed by atoms with Gasteiger partial charge in [-0.15, -0.1) is 0 Å². The fourth-order valence-corrected chi connectivity index (χ4v) is 2.36. The van der Waals surface area contributed by atoms with Gasteiger partial charge in [0.05, 0.1) is 6.21 Å². The van der Waals surface area contributed by atoms with Crippen LogP contribution >= 0.6 is 11.6 Å². The van der Waals surface area contributed by atoms with Gasteiger partial charge in [-0.2, -0.15) is 5.10 Å². The highest BCUT2D eigenvalue weighted by Gasteiger charge is 2.24. The molecule has 0 spiro atoms. The molecule has 0 heterocycles. The Morgan fingerprint density at radius 2 is 1.80 bits per heavy atom. The van der Waals surface area contributed by atoms with Crippen molar-refractivity contribution in [3.8, 4) is 0 Å². The van der Waals surface area contributed by atoms with E-state index in [2.05, 4.69) is 15.8 Å². The van der Waals surface area contributed by atoms with Crippen LogP contribution in [0.15, 0.2) is 59.7 Å². The first-order valence-corrected chi connectivity index (χ1v) is 8.29. The van der Waals surface area contributed by atoms with Crippen LogP contribution in [0.3, 0.4) is 0 Å². The predicted octanol–water partition coefficient (Wildman–Crippen LogP) is 3.24. The Morgan fingerprint density at radius 1 is 1.08 bits per heavy atom. The number of hydrazone groups is 1. The number of nitrogens with one attached hydrogen (secondary N) is 2. The lowest BCUT2D eigenvalue weighted by atomic mass is 10.0. The van der Waals surface area contributed by atoms with Crippen molar-refractivity contribution >= 4 is 29.6 Å². The molecule has 2 N–H and O–H groups in total. The van der Waals surface area contributed by atoms with Crippen molar-refractivity contribution in [1.82, 2.24) is 10.7 Å². The van der Waals surface area contributed by atoms with Crippen LogP contribution in [-0.4, -0.2) is 24.1 Å². The Balaban J connectivity index is 2.00. The summed E-state index contributed by atoms with van der Waals surface area (Å²) in [6.07, 6.45) is 1.55. The zero-order valence-electron chi connectivity index (χ0n) is 14.1. The zero-order valence-corrected chi connectivity index (χ0v) is 14.8. The summed E-state index contributed by atoms with van der Waals surface area (Å²) in [6, 6.07) is 15.3. The van der Waals surface area contributed by atoms with E-state index in [0.29, 0.717) is 10.6 Å². The van der Waals surface area contributed by atoms with Crippen LogP contribution in [0.4, 0.5) is 0 Å². The molecule has 25 heavy (non-hydrogen) atoms. The SMILES string of the molecule is CC(C)C(NC(=O)c1cccc(Cl)c1)C(=O)NN=Cc1ccccc1.